The van der Waals surface area contributed by atoms with Gasteiger partial charge in [0.2, 0.25) is 0 Å². The van der Waals surface area contributed by atoms with Gasteiger partial charge in [0.05, 0.1) is 12.0 Å². The number of aliphatic carboxylic acids is 1. The summed E-state index contributed by atoms with van der Waals surface area (Å²) in [6.07, 6.45) is 0.143. The molecule has 0 unspecified atom stereocenters. The first-order valence-corrected chi connectivity index (χ1v) is 6.17. The van der Waals surface area contributed by atoms with Gasteiger partial charge in [0.15, 0.2) is 0 Å². The second kappa shape index (κ2) is 6.49. The summed E-state index contributed by atoms with van der Waals surface area (Å²) in [4.78, 5) is 22.5. The standard InChI is InChI=1S/C14H19NO5/c1-14(2,8-16)13(19)20-10-5-3-4-9(6-10)7-11(15)12(17)18/h3-6,11,16H,7-8,15H2,1-2H3,(H,17,18)/t11-/m0/s1. The highest BCUT2D eigenvalue weighted by atomic mass is 16.5. The minimum Gasteiger partial charge on any atom is -0.480 e. The Morgan fingerprint density at radius 3 is 2.60 bits per heavy atom. The molecule has 0 aliphatic carbocycles. The van der Waals surface area contributed by atoms with Crippen LogP contribution in [0.3, 0.4) is 0 Å². The van der Waals surface area contributed by atoms with Crippen LogP contribution in [0.4, 0.5) is 0 Å². The van der Waals surface area contributed by atoms with Gasteiger partial charge >= 0.3 is 11.9 Å². The summed E-state index contributed by atoms with van der Waals surface area (Å²) in [5.41, 5.74) is 5.12. The summed E-state index contributed by atoms with van der Waals surface area (Å²) in [7, 11) is 0. The lowest BCUT2D eigenvalue weighted by atomic mass is 9.95. The van der Waals surface area contributed by atoms with Crippen LogP contribution in [0.2, 0.25) is 0 Å². The molecule has 4 N–H and O–H groups in total. The fourth-order valence-electron chi connectivity index (χ4n) is 1.39. The van der Waals surface area contributed by atoms with Crippen LogP contribution in [0, 0.1) is 5.41 Å². The lowest BCUT2D eigenvalue weighted by Gasteiger charge is -2.19. The van der Waals surface area contributed by atoms with Crippen LogP contribution in [0.15, 0.2) is 24.3 Å². The quantitative estimate of drug-likeness (QED) is 0.519. The van der Waals surface area contributed by atoms with E-state index < -0.39 is 23.4 Å². The van der Waals surface area contributed by atoms with Crippen LogP contribution in [0.25, 0.3) is 0 Å². The predicted octanol–water partition coefficient (Wildman–Crippen LogP) is 0.565. The summed E-state index contributed by atoms with van der Waals surface area (Å²) < 4.78 is 5.17. The highest BCUT2D eigenvalue weighted by Crippen LogP contribution is 2.21. The van der Waals surface area contributed by atoms with Gasteiger partial charge in [0, 0.05) is 0 Å². The highest BCUT2D eigenvalue weighted by molar-refractivity contribution is 5.78. The normalized spacial score (nSPS) is 12.8. The lowest BCUT2D eigenvalue weighted by Crippen LogP contribution is -2.33. The van der Waals surface area contributed by atoms with Crippen molar-refractivity contribution in [3.8, 4) is 5.75 Å². The van der Waals surface area contributed by atoms with Gasteiger partial charge < -0.3 is 20.7 Å². The van der Waals surface area contributed by atoms with E-state index in [1.807, 2.05) is 0 Å². The van der Waals surface area contributed by atoms with E-state index in [1.54, 1.807) is 38.1 Å². The molecule has 1 atom stereocenters. The molecule has 1 aromatic carbocycles. The van der Waals surface area contributed by atoms with Crippen LogP contribution in [0.1, 0.15) is 19.4 Å². The minimum atomic E-state index is -1.09. The molecule has 0 aliphatic heterocycles. The van der Waals surface area contributed by atoms with E-state index in [9.17, 15) is 9.59 Å². The van der Waals surface area contributed by atoms with Crippen molar-refractivity contribution in [2.75, 3.05) is 6.61 Å². The van der Waals surface area contributed by atoms with Crippen LogP contribution < -0.4 is 10.5 Å². The molecular formula is C14H19NO5. The van der Waals surface area contributed by atoms with E-state index in [0.717, 1.165) is 0 Å². The Balaban J connectivity index is 2.79. The van der Waals surface area contributed by atoms with Crippen molar-refractivity contribution in [2.45, 2.75) is 26.3 Å². The second-order valence-electron chi connectivity index (χ2n) is 5.23. The van der Waals surface area contributed by atoms with Gasteiger partial charge in [-0.2, -0.15) is 0 Å². The molecule has 0 aliphatic rings. The Morgan fingerprint density at radius 2 is 2.05 bits per heavy atom. The van der Waals surface area contributed by atoms with E-state index in [-0.39, 0.29) is 13.0 Å². The number of hydrogen-bond donors (Lipinski definition) is 3. The molecule has 0 aromatic heterocycles. The Hall–Kier alpha value is -1.92. The zero-order chi connectivity index (χ0) is 15.3. The Morgan fingerprint density at radius 1 is 1.40 bits per heavy atom. The molecular weight excluding hydrogens is 262 g/mol. The number of carboxylic acids is 1. The molecule has 0 radical (unpaired) electrons. The van der Waals surface area contributed by atoms with Gasteiger partial charge in [0.25, 0.3) is 0 Å². The molecule has 0 fully saturated rings. The third-order valence-corrected chi connectivity index (χ3v) is 2.83. The maximum atomic E-state index is 11.8. The van der Waals surface area contributed by atoms with E-state index >= 15 is 0 Å². The number of nitrogens with two attached hydrogens (primary N) is 1. The molecule has 1 aromatic rings. The number of aliphatic hydroxyl groups is 1. The highest BCUT2D eigenvalue weighted by Gasteiger charge is 2.29. The maximum absolute atomic E-state index is 11.8. The molecule has 0 saturated heterocycles. The smallest absolute Gasteiger partial charge is 0.320 e. The number of esters is 1. The number of carbonyl (C=O) groups excluding carboxylic acids is 1. The van der Waals surface area contributed by atoms with E-state index in [4.69, 9.17) is 20.7 Å². The minimum absolute atomic E-state index is 0.143. The monoisotopic (exact) mass is 281 g/mol. The second-order valence-corrected chi connectivity index (χ2v) is 5.23. The van der Waals surface area contributed by atoms with E-state index in [0.29, 0.717) is 11.3 Å². The molecule has 6 nitrogen and oxygen atoms in total. The fraction of sp³-hybridized carbons (Fsp3) is 0.429. The van der Waals surface area contributed by atoms with E-state index in [1.165, 1.54) is 0 Å². The fourth-order valence-corrected chi connectivity index (χ4v) is 1.39. The van der Waals surface area contributed by atoms with Crippen LogP contribution >= 0.6 is 0 Å². The first kappa shape index (κ1) is 16.1. The summed E-state index contributed by atoms with van der Waals surface area (Å²) >= 11 is 0. The zero-order valence-electron chi connectivity index (χ0n) is 11.5. The summed E-state index contributed by atoms with van der Waals surface area (Å²) in [5.74, 6) is -1.35. The molecule has 0 bridgehead atoms. The zero-order valence-corrected chi connectivity index (χ0v) is 11.5. The molecule has 0 saturated carbocycles. The van der Waals surface area contributed by atoms with Crippen molar-refractivity contribution in [1.29, 1.82) is 0 Å². The number of carbonyl (C=O) groups is 2. The molecule has 6 heteroatoms. The van der Waals surface area contributed by atoms with Gasteiger partial charge in [-0.1, -0.05) is 12.1 Å². The summed E-state index contributed by atoms with van der Waals surface area (Å²) in [6, 6.07) is 5.50. The Bertz CT molecular complexity index is 498. The Kier molecular flexibility index (Phi) is 5.24. The van der Waals surface area contributed by atoms with Crippen molar-refractivity contribution in [3.05, 3.63) is 29.8 Å². The third kappa shape index (κ3) is 4.32. The van der Waals surface area contributed by atoms with Crippen LogP contribution in [0.5, 0.6) is 5.75 Å². The number of carboxylic acid groups (broad SMARTS) is 1. The van der Waals surface area contributed by atoms with Crippen LogP contribution in [-0.2, 0) is 16.0 Å². The molecule has 1 rings (SSSR count). The largest absolute Gasteiger partial charge is 0.480 e. The summed E-state index contributed by atoms with van der Waals surface area (Å²) in [6.45, 7) is 2.81. The average Bonchev–Trinajstić information content (AvgIpc) is 2.38. The first-order chi connectivity index (χ1) is 9.26. The van der Waals surface area contributed by atoms with Crippen LogP contribution in [-0.4, -0.2) is 34.8 Å². The van der Waals surface area contributed by atoms with Crippen molar-refractivity contribution in [1.82, 2.24) is 0 Å². The van der Waals surface area contributed by atoms with Crippen molar-refractivity contribution >= 4 is 11.9 Å². The molecule has 0 amide bonds. The number of aliphatic hydroxyl groups excluding tert-OH is 1. The third-order valence-electron chi connectivity index (χ3n) is 2.83. The SMILES string of the molecule is CC(C)(CO)C(=O)Oc1cccc(C[C@H](N)C(=O)O)c1. The molecule has 0 heterocycles. The Labute approximate surface area is 117 Å². The van der Waals surface area contributed by atoms with Crippen molar-refractivity contribution in [3.63, 3.8) is 0 Å². The van der Waals surface area contributed by atoms with Crippen molar-refractivity contribution < 1.29 is 24.5 Å². The number of ether oxygens (including phenoxy) is 1. The van der Waals surface area contributed by atoms with Crippen molar-refractivity contribution in [2.24, 2.45) is 11.1 Å². The summed E-state index contributed by atoms with van der Waals surface area (Å²) in [5, 5.41) is 17.9. The predicted molar refractivity (Wildman–Crippen MR) is 72.3 cm³/mol. The van der Waals surface area contributed by atoms with Gasteiger partial charge in [-0.25, -0.2) is 0 Å². The van der Waals surface area contributed by atoms with Gasteiger partial charge in [-0.05, 0) is 38.0 Å². The van der Waals surface area contributed by atoms with Gasteiger partial charge in [-0.15, -0.1) is 0 Å². The maximum Gasteiger partial charge on any atom is 0.320 e. The topological polar surface area (TPSA) is 110 Å². The average molecular weight is 281 g/mol. The van der Waals surface area contributed by atoms with Gasteiger partial charge in [-0.3, -0.25) is 9.59 Å². The molecule has 0 spiro atoms. The first-order valence-electron chi connectivity index (χ1n) is 6.17. The number of hydrogen-bond acceptors (Lipinski definition) is 5. The van der Waals surface area contributed by atoms with E-state index in [2.05, 4.69) is 0 Å². The number of benzene rings is 1. The van der Waals surface area contributed by atoms with Gasteiger partial charge in [0.1, 0.15) is 11.8 Å². The molecule has 110 valence electrons. The number of rotatable bonds is 6. The molecule has 20 heavy (non-hydrogen) atoms. The lowest BCUT2D eigenvalue weighted by molar-refractivity contribution is -0.146.